The number of aliphatic hydroxyl groups excluding tert-OH is 3. The number of ether oxygens (including phenoxy) is 2. The van der Waals surface area contributed by atoms with Crippen molar-refractivity contribution in [2.75, 3.05) is 12.3 Å². The van der Waals surface area contributed by atoms with E-state index in [1.807, 2.05) is 31.2 Å². The molecule has 1 aliphatic rings. The van der Waals surface area contributed by atoms with Crippen LogP contribution < -0.4 is 10.5 Å². The van der Waals surface area contributed by atoms with Crippen molar-refractivity contribution in [2.45, 2.75) is 38.1 Å². The van der Waals surface area contributed by atoms with E-state index < -0.39 is 31.1 Å². The zero-order valence-electron chi connectivity index (χ0n) is 15.1. The van der Waals surface area contributed by atoms with Crippen molar-refractivity contribution in [3.05, 3.63) is 41.7 Å². The Morgan fingerprint density at radius 1 is 1.18 bits per heavy atom. The number of aliphatic hydroxyl groups is 3. The first kappa shape index (κ1) is 18.6. The highest BCUT2D eigenvalue weighted by molar-refractivity contribution is 5.77. The molecule has 0 saturated carbocycles. The van der Waals surface area contributed by atoms with E-state index in [-0.39, 0.29) is 18.4 Å². The number of hydrogen-bond acceptors (Lipinski definition) is 9. The van der Waals surface area contributed by atoms with Crippen LogP contribution in [-0.4, -0.2) is 59.8 Å². The van der Waals surface area contributed by atoms with Crippen LogP contribution in [0.4, 0.5) is 5.95 Å². The summed E-state index contributed by atoms with van der Waals surface area (Å²) in [6.07, 6.45) is -2.98. The van der Waals surface area contributed by atoms with Gasteiger partial charge in [0.25, 0.3) is 0 Å². The van der Waals surface area contributed by atoms with E-state index in [1.165, 1.54) is 10.9 Å². The van der Waals surface area contributed by atoms with Crippen LogP contribution in [0.15, 0.2) is 30.6 Å². The molecule has 0 spiro atoms. The average Bonchev–Trinajstić information content (AvgIpc) is 3.22. The smallest absolute Gasteiger partial charge is 0.247 e. The SMILES string of the molecule is Cc1ccc(COc2nc(N)nc3c2ncn3[C@@H]2O[C@H](CO)[C@@H](O)[C@H]2O)cc1. The molecule has 28 heavy (non-hydrogen) atoms. The molecule has 0 amide bonds. The minimum atomic E-state index is -1.26. The van der Waals surface area contributed by atoms with Crippen LogP contribution in [0.5, 0.6) is 5.88 Å². The van der Waals surface area contributed by atoms with Crippen molar-refractivity contribution in [2.24, 2.45) is 0 Å². The van der Waals surface area contributed by atoms with Gasteiger partial charge in [-0.25, -0.2) is 4.98 Å². The molecule has 4 rings (SSSR count). The van der Waals surface area contributed by atoms with Gasteiger partial charge in [0, 0.05) is 0 Å². The number of nitrogens with zero attached hydrogens (tertiary/aromatic N) is 4. The van der Waals surface area contributed by atoms with Gasteiger partial charge in [-0.05, 0) is 12.5 Å². The van der Waals surface area contributed by atoms with Crippen LogP contribution in [-0.2, 0) is 11.3 Å². The molecule has 1 aromatic carbocycles. The number of nitrogen functional groups attached to an aromatic ring is 1. The van der Waals surface area contributed by atoms with Gasteiger partial charge < -0.3 is 30.5 Å². The third-order valence-corrected chi connectivity index (χ3v) is 4.69. The second kappa shape index (κ2) is 7.32. The number of benzene rings is 1. The second-order valence-electron chi connectivity index (χ2n) is 6.71. The summed E-state index contributed by atoms with van der Waals surface area (Å²) in [5, 5.41) is 29.5. The van der Waals surface area contributed by atoms with E-state index in [0.717, 1.165) is 11.1 Å². The number of imidazole rings is 1. The highest BCUT2D eigenvalue weighted by atomic mass is 16.6. The van der Waals surface area contributed by atoms with Gasteiger partial charge in [0.2, 0.25) is 11.8 Å². The van der Waals surface area contributed by atoms with Gasteiger partial charge in [0.1, 0.15) is 24.9 Å². The van der Waals surface area contributed by atoms with Crippen LogP contribution in [0.1, 0.15) is 17.4 Å². The Labute approximate surface area is 160 Å². The Morgan fingerprint density at radius 3 is 2.61 bits per heavy atom. The monoisotopic (exact) mass is 387 g/mol. The molecule has 0 aliphatic carbocycles. The standard InChI is InChI=1S/C18H21N5O5/c1-9-2-4-10(5-3-9)7-27-16-12-15(21-18(19)22-16)23(8-20-12)17-14(26)13(25)11(6-24)28-17/h2-5,8,11,13-14,17,24-26H,6-7H2,1H3,(H2,19,21,22)/t11-,13-,14-,17-/m1/s1. The molecule has 4 atom stereocenters. The molecule has 3 aromatic rings. The Kier molecular flexibility index (Phi) is 4.85. The molecule has 0 unspecified atom stereocenters. The highest BCUT2D eigenvalue weighted by Crippen LogP contribution is 2.33. The number of aryl methyl sites for hydroxylation is 1. The number of anilines is 1. The lowest BCUT2D eigenvalue weighted by molar-refractivity contribution is -0.0511. The Morgan fingerprint density at radius 2 is 1.93 bits per heavy atom. The lowest BCUT2D eigenvalue weighted by atomic mass is 10.1. The Bertz CT molecular complexity index is 976. The van der Waals surface area contributed by atoms with E-state index >= 15 is 0 Å². The van der Waals surface area contributed by atoms with Gasteiger partial charge in [0.05, 0.1) is 12.9 Å². The molecule has 148 valence electrons. The summed E-state index contributed by atoms with van der Waals surface area (Å²) < 4.78 is 12.8. The largest absolute Gasteiger partial charge is 0.471 e. The van der Waals surface area contributed by atoms with Crippen molar-refractivity contribution in [3.63, 3.8) is 0 Å². The second-order valence-corrected chi connectivity index (χ2v) is 6.71. The van der Waals surface area contributed by atoms with E-state index in [4.69, 9.17) is 15.2 Å². The summed E-state index contributed by atoms with van der Waals surface area (Å²) >= 11 is 0. The molecule has 10 heteroatoms. The molecule has 1 aliphatic heterocycles. The molecule has 5 N–H and O–H groups in total. The normalized spacial score (nSPS) is 24.7. The fraction of sp³-hybridized carbons (Fsp3) is 0.389. The summed E-state index contributed by atoms with van der Waals surface area (Å²) in [4.78, 5) is 12.5. The molecular weight excluding hydrogens is 366 g/mol. The molecule has 1 fully saturated rings. The summed E-state index contributed by atoms with van der Waals surface area (Å²) in [6, 6.07) is 7.88. The van der Waals surface area contributed by atoms with Crippen molar-refractivity contribution < 1.29 is 24.8 Å². The fourth-order valence-electron chi connectivity index (χ4n) is 3.14. The molecule has 2 aromatic heterocycles. The number of fused-ring (bicyclic) bond motifs is 1. The van der Waals surface area contributed by atoms with Gasteiger partial charge in [-0.1, -0.05) is 29.8 Å². The number of nitrogens with two attached hydrogens (primary N) is 1. The topological polar surface area (TPSA) is 149 Å². The van der Waals surface area contributed by atoms with Crippen LogP contribution in [0, 0.1) is 6.92 Å². The minimum Gasteiger partial charge on any atom is -0.471 e. The third-order valence-electron chi connectivity index (χ3n) is 4.69. The van der Waals surface area contributed by atoms with E-state index in [2.05, 4.69) is 15.0 Å². The van der Waals surface area contributed by atoms with Crippen LogP contribution in [0.2, 0.25) is 0 Å². The summed E-state index contributed by atoms with van der Waals surface area (Å²) in [5.74, 6) is 0.175. The summed E-state index contributed by atoms with van der Waals surface area (Å²) in [6.45, 7) is 1.85. The van der Waals surface area contributed by atoms with E-state index in [0.29, 0.717) is 11.2 Å². The first-order valence-electron chi connectivity index (χ1n) is 8.78. The lowest BCUT2D eigenvalue weighted by Crippen LogP contribution is -2.33. The molecule has 1 saturated heterocycles. The highest BCUT2D eigenvalue weighted by Gasteiger charge is 2.44. The first-order chi connectivity index (χ1) is 13.5. The predicted molar refractivity (Wildman–Crippen MR) is 98.3 cm³/mol. The maximum absolute atomic E-state index is 10.3. The lowest BCUT2D eigenvalue weighted by Gasteiger charge is -2.16. The van der Waals surface area contributed by atoms with Crippen molar-refractivity contribution in [1.82, 2.24) is 19.5 Å². The van der Waals surface area contributed by atoms with Gasteiger partial charge in [0.15, 0.2) is 17.4 Å². The van der Waals surface area contributed by atoms with Crippen molar-refractivity contribution >= 4 is 17.1 Å². The zero-order chi connectivity index (χ0) is 19.8. The molecule has 10 nitrogen and oxygen atoms in total. The zero-order valence-corrected chi connectivity index (χ0v) is 15.1. The van der Waals surface area contributed by atoms with E-state index in [9.17, 15) is 15.3 Å². The maximum Gasteiger partial charge on any atom is 0.247 e. The van der Waals surface area contributed by atoms with Gasteiger partial charge in [-0.2, -0.15) is 9.97 Å². The number of aromatic nitrogens is 4. The first-order valence-corrected chi connectivity index (χ1v) is 8.78. The van der Waals surface area contributed by atoms with Crippen molar-refractivity contribution in [1.29, 1.82) is 0 Å². The van der Waals surface area contributed by atoms with Gasteiger partial charge in [-0.3, -0.25) is 4.57 Å². The average molecular weight is 387 g/mol. The van der Waals surface area contributed by atoms with Crippen molar-refractivity contribution in [3.8, 4) is 5.88 Å². The molecule has 0 radical (unpaired) electrons. The Balaban J connectivity index is 1.64. The molecular formula is C18H21N5O5. The van der Waals surface area contributed by atoms with Crippen LogP contribution >= 0.6 is 0 Å². The van der Waals surface area contributed by atoms with Crippen LogP contribution in [0.3, 0.4) is 0 Å². The number of rotatable bonds is 5. The molecule has 0 bridgehead atoms. The fourth-order valence-corrected chi connectivity index (χ4v) is 3.14. The predicted octanol–water partition coefficient (Wildman–Crippen LogP) is -0.0926. The number of hydrogen-bond donors (Lipinski definition) is 4. The Hall–Kier alpha value is -2.79. The van der Waals surface area contributed by atoms with Crippen LogP contribution in [0.25, 0.3) is 11.2 Å². The third kappa shape index (κ3) is 3.27. The van der Waals surface area contributed by atoms with Gasteiger partial charge in [-0.15, -0.1) is 0 Å². The summed E-state index contributed by atoms with van der Waals surface area (Å²) in [7, 11) is 0. The van der Waals surface area contributed by atoms with Gasteiger partial charge >= 0.3 is 0 Å². The maximum atomic E-state index is 10.3. The summed E-state index contributed by atoms with van der Waals surface area (Å²) in [5.41, 5.74) is 8.56. The quantitative estimate of drug-likeness (QED) is 0.471. The minimum absolute atomic E-state index is 0.0279. The van der Waals surface area contributed by atoms with E-state index in [1.54, 1.807) is 0 Å². The molecule has 3 heterocycles.